The number of fused-ring (bicyclic) bond motifs is 2. The Morgan fingerprint density at radius 2 is 2.03 bits per heavy atom. The van der Waals surface area contributed by atoms with Gasteiger partial charge in [-0.05, 0) is 64.0 Å². The summed E-state index contributed by atoms with van der Waals surface area (Å²) in [5.41, 5.74) is 4.25. The lowest BCUT2D eigenvalue weighted by molar-refractivity contribution is -0.145. The van der Waals surface area contributed by atoms with E-state index < -0.39 is 6.10 Å². The molecule has 2 aliphatic carbocycles. The largest absolute Gasteiger partial charge is 0.462 e. The van der Waals surface area contributed by atoms with Crippen LogP contribution in [0.5, 0.6) is 0 Å². The molecule has 0 amide bonds. The summed E-state index contributed by atoms with van der Waals surface area (Å²) in [5, 5.41) is 10.8. The number of allylic oxidation sites excluding steroid dienone is 2. The number of hydrogen-bond donors (Lipinski definition) is 1. The molecule has 1 heterocycles. The summed E-state index contributed by atoms with van der Waals surface area (Å²) in [4.78, 5) is 14.9. The zero-order chi connectivity index (χ0) is 20.8. The van der Waals surface area contributed by atoms with Gasteiger partial charge in [-0.25, -0.2) is 0 Å². The number of rotatable bonds is 5. The summed E-state index contributed by atoms with van der Waals surface area (Å²) in [6.45, 7) is 7.31. The van der Waals surface area contributed by atoms with Crippen LogP contribution in [0.2, 0.25) is 0 Å². The molecule has 3 aliphatic rings. The Morgan fingerprint density at radius 3 is 2.76 bits per heavy atom. The van der Waals surface area contributed by atoms with Crippen LogP contribution in [-0.2, 0) is 9.53 Å². The van der Waals surface area contributed by atoms with Crippen LogP contribution in [0.25, 0.3) is 0 Å². The molecule has 0 radical (unpaired) electrons. The van der Waals surface area contributed by atoms with Crippen molar-refractivity contribution in [1.29, 1.82) is 0 Å². The standard InChI is InChI=1S/C25H35NO3/c1-16-9-8-12-25(3)14-22-19(13-21(16)25)20(24(28)29-22)15-26(4)17(2)23(27)18-10-6-5-7-11-18/h5-7,10-11,17,19-20,22-23,27H,8-9,12-15H2,1-4H3/t17-,19+,20+,22+,23+,25+/m0/s1. The number of hydrogen-bond acceptors (Lipinski definition) is 4. The van der Waals surface area contributed by atoms with E-state index in [-0.39, 0.29) is 35.4 Å². The van der Waals surface area contributed by atoms with Gasteiger partial charge in [0.15, 0.2) is 0 Å². The van der Waals surface area contributed by atoms with E-state index in [1.807, 2.05) is 44.3 Å². The van der Waals surface area contributed by atoms with Gasteiger partial charge in [0.25, 0.3) is 0 Å². The van der Waals surface area contributed by atoms with Crippen molar-refractivity contribution in [3.63, 3.8) is 0 Å². The predicted molar refractivity (Wildman–Crippen MR) is 114 cm³/mol. The summed E-state index contributed by atoms with van der Waals surface area (Å²) in [6, 6.07) is 9.68. The van der Waals surface area contributed by atoms with Gasteiger partial charge in [0.05, 0.1) is 12.0 Å². The van der Waals surface area contributed by atoms with Crippen molar-refractivity contribution in [2.45, 2.75) is 71.1 Å². The van der Waals surface area contributed by atoms with Gasteiger partial charge in [-0.2, -0.15) is 0 Å². The van der Waals surface area contributed by atoms with Crippen molar-refractivity contribution in [3.8, 4) is 0 Å². The average molecular weight is 398 g/mol. The molecule has 158 valence electrons. The van der Waals surface area contributed by atoms with Gasteiger partial charge in [-0.3, -0.25) is 9.69 Å². The van der Waals surface area contributed by atoms with E-state index in [0.717, 1.165) is 18.4 Å². The maximum atomic E-state index is 12.8. The summed E-state index contributed by atoms with van der Waals surface area (Å²) in [7, 11) is 2.01. The number of nitrogens with zero attached hydrogens (tertiary/aromatic N) is 1. The third-order valence-corrected chi connectivity index (χ3v) is 7.96. The first-order valence-electron chi connectivity index (χ1n) is 11.1. The van der Waals surface area contributed by atoms with Crippen LogP contribution >= 0.6 is 0 Å². The van der Waals surface area contributed by atoms with Gasteiger partial charge in [-0.15, -0.1) is 0 Å². The van der Waals surface area contributed by atoms with E-state index >= 15 is 0 Å². The number of aliphatic hydroxyl groups is 1. The van der Waals surface area contributed by atoms with Crippen LogP contribution < -0.4 is 0 Å². The average Bonchev–Trinajstić information content (AvgIpc) is 2.99. The molecule has 4 rings (SSSR count). The third-order valence-electron chi connectivity index (χ3n) is 7.96. The Labute approximate surface area is 174 Å². The fourth-order valence-corrected chi connectivity index (χ4v) is 5.97. The second-order valence-electron chi connectivity index (χ2n) is 9.86. The summed E-state index contributed by atoms with van der Waals surface area (Å²) in [6.07, 6.45) is 5.10. The molecule has 1 saturated heterocycles. The van der Waals surface area contributed by atoms with Crippen LogP contribution in [0.1, 0.15) is 64.5 Å². The smallest absolute Gasteiger partial charge is 0.310 e. The molecule has 4 nitrogen and oxygen atoms in total. The zero-order valence-electron chi connectivity index (χ0n) is 18.2. The molecular weight excluding hydrogens is 362 g/mol. The Morgan fingerprint density at radius 1 is 1.31 bits per heavy atom. The van der Waals surface area contributed by atoms with E-state index in [4.69, 9.17) is 4.74 Å². The highest BCUT2D eigenvalue weighted by Crippen LogP contribution is 2.55. The molecule has 2 fully saturated rings. The maximum absolute atomic E-state index is 12.8. The molecule has 1 N–H and O–H groups in total. The lowest BCUT2D eigenvalue weighted by atomic mass is 9.59. The Bertz CT molecular complexity index is 789. The third kappa shape index (κ3) is 3.77. The first kappa shape index (κ1) is 20.6. The number of esters is 1. The Balaban J connectivity index is 1.48. The molecule has 1 aromatic rings. The highest BCUT2D eigenvalue weighted by molar-refractivity contribution is 5.76. The lowest BCUT2D eigenvalue weighted by Crippen LogP contribution is -2.43. The van der Waals surface area contributed by atoms with E-state index in [2.05, 4.69) is 18.7 Å². The first-order valence-corrected chi connectivity index (χ1v) is 11.1. The van der Waals surface area contributed by atoms with E-state index in [1.165, 1.54) is 24.8 Å². The van der Waals surface area contributed by atoms with Crippen molar-refractivity contribution in [2.75, 3.05) is 13.6 Å². The number of aliphatic hydroxyl groups excluding tert-OH is 1. The van der Waals surface area contributed by atoms with Crippen LogP contribution in [0, 0.1) is 17.3 Å². The number of likely N-dealkylation sites (N-methyl/N-ethyl adjacent to an activating group) is 1. The van der Waals surface area contributed by atoms with Crippen molar-refractivity contribution in [3.05, 3.63) is 47.0 Å². The first-order chi connectivity index (χ1) is 13.8. The minimum Gasteiger partial charge on any atom is -0.462 e. The predicted octanol–water partition coefficient (Wildman–Crippen LogP) is 4.50. The second kappa shape index (κ2) is 7.88. The highest BCUT2D eigenvalue weighted by Gasteiger charge is 2.53. The number of carbonyl (C=O) groups is 1. The molecule has 0 aromatic heterocycles. The molecular formula is C25H35NO3. The minimum absolute atomic E-state index is 0.0475. The fourth-order valence-electron chi connectivity index (χ4n) is 5.97. The molecule has 0 unspecified atom stereocenters. The molecule has 29 heavy (non-hydrogen) atoms. The highest BCUT2D eigenvalue weighted by atomic mass is 16.6. The minimum atomic E-state index is -0.577. The van der Waals surface area contributed by atoms with Gasteiger partial charge in [-0.1, -0.05) is 48.4 Å². The van der Waals surface area contributed by atoms with E-state index in [0.29, 0.717) is 6.54 Å². The fraction of sp³-hybridized carbons (Fsp3) is 0.640. The maximum Gasteiger partial charge on any atom is 0.310 e. The number of benzene rings is 1. The molecule has 6 atom stereocenters. The second-order valence-corrected chi connectivity index (χ2v) is 9.86. The SMILES string of the molecule is CC1=C2C[C@H]3[C@@H](C[C@@]2(C)CCC1)OC(=O)[C@@H]3CN(C)[C@@H](C)[C@@H](O)c1ccccc1. The quantitative estimate of drug-likeness (QED) is 0.587. The summed E-state index contributed by atoms with van der Waals surface area (Å²) >= 11 is 0. The van der Waals surface area contributed by atoms with Gasteiger partial charge in [0, 0.05) is 18.5 Å². The van der Waals surface area contributed by atoms with Crippen LogP contribution in [0.4, 0.5) is 0 Å². The van der Waals surface area contributed by atoms with Crippen LogP contribution in [0.15, 0.2) is 41.5 Å². The zero-order valence-corrected chi connectivity index (χ0v) is 18.2. The van der Waals surface area contributed by atoms with Gasteiger partial charge < -0.3 is 9.84 Å². The molecule has 0 spiro atoms. The molecule has 1 saturated carbocycles. The van der Waals surface area contributed by atoms with Gasteiger partial charge in [0.1, 0.15) is 6.10 Å². The Hall–Kier alpha value is -1.65. The van der Waals surface area contributed by atoms with Crippen molar-refractivity contribution < 1.29 is 14.6 Å². The molecule has 4 heteroatoms. The molecule has 1 aromatic carbocycles. The summed E-state index contributed by atoms with van der Waals surface area (Å²) < 4.78 is 5.90. The monoisotopic (exact) mass is 397 g/mol. The van der Waals surface area contributed by atoms with Crippen molar-refractivity contribution in [1.82, 2.24) is 4.90 Å². The number of carbonyl (C=O) groups excluding carboxylic acids is 1. The van der Waals surface area contributed by atoms with Crippen LogP contribution in [-0.4, -0.2) is 41.7 Å². The number of ether oxygens (including phenoxy) is 1. The van der Waals surface area contributed by atoms with Crippen molar-refractivity contribution in [2.24, 2.45) is 17.3 Å². The van der Waals surface area contributed by atoms with Gasteiger partial charge in [0.2, 0.25) is 0 Å². The topological polar surface area (TPSA) is 49.8 Å². The summed E-state index contributed by atoms with van der Waals surface area (Å²) in [5.74, 6) is 0.109. The Kier molecular flexibility index (Phi) is 5.60. The van der Waals surface area contributed by atoms with Crippen LogP contribution in [0.3, 0.4) is 0 Å². The lowest BCUT2D eigenvalue weighted by Gasteiger charge is -2.46. The van der Waals surface area contributed by atoms with Gasteiger partial charge >= 0.3 is 5.97 Å². The van der Waals surface area contributed by atoms with E-state index in [9.17, 15) is 9.90 Å². The molecule has 1 aliphatic heterocycles. The van der Waals surface area contributed by atoms with E-state index in [1.54, 1.807) is 5.57 Å². The van der Waals surface area contributed by atoms with Crippen molar-refractivity contribution >= 4 is 5.97 Å². The molecule has 0 bridgehead atoms. The normalized spacial score (nSPS) is 33.9.